The fourth-order valence-corrected chi connectivity index (χ4v) is 9.01. The first kappa shape index (κ1) is 40.9. The lowest BCUT2D eigenvalue weighted by Crippen LogP contribution is -2.58. The molecule has 2 saturated heterocycles. The SMILES string of the molecule is CCN(CCNCCc1ccc(O)c2[nH]c(=O)sc12)C(=O)CCOCCc1ccc(F)c(CN2CCC3(CC2)CN(C(=O)c2csc(C(C)C)n2)CCO3)c1. The highest BCUT2D eigenvalue weighted by molar-refractivity contribution is 7.16. The van der Waals surface area contributed by atoms with E-state index in [9.17, 15) is 23.9 Å². The first-order chi connectivity index (χ1) is 26.5. The molecule has 0 saturated carbocycles. The predicted octanol–water partition coefficient (Wildman–Crippen LogP) is 5.15. The van der Waals surface area contributed by atoms with Crippen molar-refractivity contribution in [1.29, 1.82) is 0 Å². The van der Waals surface area contributed by atoms with Gasteiger partial charge >= 0.3 is 4.87 Å². The van der Waals surface area contributed by atoms with Gasteiger partial charge in [-0.2, -0.15) is 0 Å². The van der Waals surface area contributed by atoms with Gasteiger partial charge < -0.3 is 34.7 Å². The zero-order chi connectivity index (χ0) is 39.0. The van der Waals surface area contributed by atoms with Crippen molar-refractivity contribution in [2.75, 3.05) is 72.2 Å². The molecule has 2 fully saturated rings. The normalized spacial score (nSPS) is 16.1. The molecule has 4 aromatic rings. The number of thiazole rings is 2. The number of fused-ring (bicyclic) bond motifs is 1. The number of likely N-dealkylation sites (N-methyl/N-ethyl adjacent to an activating group) is 1. The number of hydrogen-bond acceptors (Lipinski definition) is 11. The van der Waals surface area contributed by atoms with Crippen molar-refractivity contribution in [2.24, 2.45) is 0 Å². The number of hydrogen-bond donors (Lipinski definition) is 3. The lowest BCUT2D eigenvalue weighted by molar-refractivity contribution is -0.132. The van der Waals surface area contributed by atoms with Crippen molar-refractivity contribution in [3.05, 3.63) is 78.6 Å². The number of aromatic hydroxyl groups is 1. The Morgan fingerprint density at radius 2 is 1.95 bits per heavy atom. The molecule has 12 nitrogen and oxygen atoms in total. The van der Waals surface area contributed by atoms with Crippen LogP contribution in [-0.4, -0.2) is 119 Å². The number of benzene rings is 2. The second kappa shape index (κ2) is 18.9. The molecule has 3 N–H and O–H groups in total. The van der Waals surface area contributed by atoms with E-state index >= 15 is 0 Å². The minimum atomic E-state index is -0.386. The summed E-state index contributed by atoms with van der Waals surface area (Å²) in [6.45, 7) is 13.0. The number of carbonyl (C=O) groups excluding carboxylic acids is 2. The van der Waals surface area contributed by atoms with Crippen LogP contribution in [0.2, 0.25) is 0 Å². The predicted molar refractivity (Wildman–Crippen MR) is 214 cm³/mol. The van der Waals surface area contributed by atoms with Crippen LogP contribution in [0.25, 0.3) is 10.2 Å². The maximum atomic E-state index is 14.9. The van der Waals surface area contributed by atoms with Gasteiger partial charge in [0.2, 0.25) is 5.91 Å². The molecule has 0 unspecified atom stereocenters. The molecular formula is C40H53FN6O6S2. The highest BCUT2D eigenvalue weighted by Crippen LogP contribution is 2.32. The molecule has 0 bridgehead atoms. The molecule has 0 atom stereocenters. The second-order valence-corrected chi connectivity index (χ2v) is 16.6. The second-order valence-electron chi connectivity index (χ2n) is 14.7. The number of phenols is 1. The van der Waals surface area contributed by atoms with Crippen LogP contribution in [0.1, 0.15) is 78.1 Å². The molecule has 2 aromatic carbocycles. The topological polar surface area (TPSA) is 140 Å². The summed E-state index contributed by atoms with van der Waals surface area (Å²) < 4.78 is 27.8. The van der Waals surface area contributed by atoms with E-state index in [4.69, 9.17) is 9.47 Å². The summed E-state index contributed by atoms with van der Waals surface area (Å²) in [7, 11) is 0. The molecule has 0 aliphatic carbocycles. The Labute approximate surface area is 329 Å². The van der Waals surface area contributed by atoms with Gasteiger partial charge in [-0.1, -0.05) is 43.4 Å². The number of ether oxygens (including phenoxy) is 2. The number of aromatic nitrogens is 2. The fourth-order valence-electron chi connectivity index (χ4n) is 7.30. The summed E-state index contributed by atoms with van der Waals surface area (Å²) in [6, 6.07) is 8.67. The van der Waals surface area contributed by atoms with Crippen molar-refractivity contribution in [1.82, 2.24) is 30.0 Å². The van der Waals surface area contributed by atoms with E-state index in [0.29, 0.717) is 95.2 Å². The molecule has 0 radical (unpaired) electrons. The Balaban J connectivity index is 0.876. The first-order valence-corrected chi connectivity index (χ1v) is 21.0. The van der Waals surface area contributed by atoms with Crippen LogP contribution < -0.4 is 10.2 Å². The van der Waals surface area contributed by atoms with Gasteiger partial charge in [-0.15, -0.1) is 11.3 Å². The monoisotopic (exact) mass is 796 g/mol. The third kappa shape index (κ3) is 10.6. The van der Waals surface area contributed by atoms with Gasteiger partial charge in [0.1, 0.15) is 22.8 Å². The van der Waals surface area contributed by atoms with Crippen LogP contribution in [-0.2, 0) is 33.7 Å². The first-order valence-electron chi connectivity index (χ1n) is 19.3. The minimum Gasteiger partial charge on any atom is -0.506 e. The molecule has 298 valence electrons. The van der Waals surface area contributed by atoms with Crippen LogP contribution in [0.4, 0.5) is 4.39 Å². The van der Waals surface area contributed by atoms with Gasteiger partial charge in [-0.3, -0.25) is 19.3 Å². The van der Waals surface area contributed by atoms with Crippen LogP contribution in [0.15, 0.2) is 40.5 Å². The van der Waals surface area contributed by atoms with E-state index in [-0.39, 0.29) is 46.2 Å². The van der Waals surface area contributed by atoms with Crippen LogP contribution in [0, 0.1) is 5.82 Å². The number of morpholine rings is 1. The maximum absolute atomic E-state index is 14.9. The van der Waals surface area contributed by atoms with E-state index in [0.717, 1.165) is 58.1 Å². The zero-order valence-corrected chi connectivity index (χ0v) is 33.7. The highest BCUT2D eigenvalue weighted by atomic mass is 32.1. The summed E-state index contributed by atoms with van der Waals surface area (Å²) in [5.74, 6) is 0.136. The molecule has 15 heteroatoms. The number of H-pyrrole nitrogens is 1. The number of phenolic OH excluding ortho intramolecular Hbond substituents is 1. The lowest BCUT2D eigenvalue weighted by atomic mass is 9.89. The Morgan fingerprint density at radius 1 is 1.13 bits per heavy atom. The fraction of sp³-hybridized carbons (Fsp3) is 0.550. The van der Waals surface area contributed by atoms with Gasteiger partial charge in [0.05, 0.1) is 48.1 Å². The summed E-state index contributed by atoms with van der Waals surface area (Å²) in [5.41, 5.74) is 3.24. The van der Waals surface area contributed by atoms with Gasteiger partial charge in [0.25, 0.3) is 5.91 Å². The van der Waals surface area contributed by atoms with Gasteiger partial charge in [0, 0.05) is 62.7 Å². The van der Waals surface area contributed by atoms with Crippen molar-refractivity contribution in [2.45, 2.75) is 70.9 Å². The summed E-state index contributed by atoms with van der Waals surface area (Å²) >= 11 is 2.63. The van der Waals surface area contributed by atoms with Gasteiger partial charge in [-0.25, -0.2) is 9.37 Å². The van der Waals surface area contributed by atoms with Crippen LogP contribution >= 0.6 is 22.7 Å². The third-order valence-corrected chi connectivity index (χ3v) is 12.6. The Morgan fingerprint density at radius 3 is 2.71 bits per heavy atom. The van der Waals surface area contributed by atoms with Gasteiger partial charge in [0.15, 0.2) is 0 Å². The number of rotatable bonds is 17. The number of likely N-dealkylation sites (tertiary alicyclic amines) is 1. The molecule has 2 aromatic heterocycles. The summed E-state index contributed by atoms with van der Waals surface area (Å²) in [6.07, 6.45) is 3.15. The minimum absolute atomic E-state index is 0.0318. The van der Waals surface area contributed by atoms with Crippen LogP contribution in [0.5, 0.6) is 5.75 Å². The largest absolute Gasteiger partial charge is 0.506 e. The summed E-state index contributed by atoms with van der Waals surface area (Å²) in [4.78, 5) is 50.9. The van der Waals surface area contributed by atoms with E-state index in [2.05, 4.69) is 34.0 Å². The highest BCUT2D eigenvalue weighted by Gasteiger charge is 2.41. The van der Waals surface area contributed by atoms with E-state index in [1.807, 2.05) is 34.2 Å². The van der Waals surface area contributed by atoms with E-state index < -0.39 is 0 Å². The molecule has 2 amide bonds. The quantitative estimate of drug-likeness (QED) is 0.124. The third-order valence-electron chi connectivity index (χ3n) is 10.5. The van der Waals surface area contributed by atoms with Crippen molar-refractivity contribution < 1.29 is 28.6 Å². The van der Waals surface area contributed by atoms with Crippen molar-refractivity contribution in [3.8, 4) is 5.75 Å². The number of nitrogens with zero attached hydrogens (tertiary/aromatic N) is 4. The lowest BCUT2D eigenvalue weighted by Gasteiger charge is -2.47. The van der Waals surface area contributed by atoms with Gasteiger partial charge in [-0.05, 0) is 62.4 Å². The number of amides is 2. The maximum Gasteiger partial charge on any atom is 0.305 e. The molecule has 2 aliphatic heterocycles. The average molecular weight is 797 g/mol. The number of aromatic amines is 1. The van der Waals surface area contributed by atoms with Crippen molar-refractivity contribution >= 4 is 44.7 Å². The molecule has 55 heavy (non-hydrogen) atoms. The van der Waals surface area contributed by atoms with E-state index in [1.165, 1.54) is 17.4 Å². The van der Waals surface area contributed by atoms with Crippen LogP contribution in [0.3, 0.4) is 0 Å². The molecule has 2 aliphatic rings. The Kier molecular flexibility index (Phi) is 14.1. The number of carbonyl (C=O) groups is 2. The summed E-state index contributed by atoms with van der Waals surface area (Å²) in [5, 5.41) is 16.2. The average Bonchev–Trinajstić information content (AvgIpc) is 3.84. The zero-order valence-electron chi connectivity index (χ0n) is 32.0. The molecular weight excluding hydrogens is 744 g/mol. The standard InChI is InChI=1S/C40H53FN6O6S2/c1-4-46(18-15-42-14-9-29-6-8-33(48)35-36(29)55-39(51)44-35)34(49)11-21-52-20-10-28-5-7-31(41)30(23-28)24-45-16-12-40(13-17-45)26-47(19-22-53-40)38(50)32-25-54-37(43-32)27(2)3/h5-8,23,25,27,42,48H,4,9-22,24,26H2,1-3H3,(H,44,51). The molecule has 6 rings (SSSR count). The number of halogens is 1. The smallest absolute Gasteiger partial charge is 0.305 e. The number of nitrogens with one attached hydrogen (secondary N) is 2. The Hall–Kier alpha value is -3.73. The Bertz CT molecular complexity index is 1970. The molecule has 4 heterocycles. The molecule has 1 spiro atoms. The van der Waals surface area contributed by atoms with Crippen molar-refractivity contribution in [3.63, 3.8) is 0 Å². The number of piperidine rings is 1. The van der Waals surface area contributed by atoms with E-state index in [1.54, 1.807) is 12.1 Å².